The molecule has 0 bridgehead atoms. The minimum atomic E-state index is -0.621. The Labute approximate surface area is 185 Å². The van der Waals surface area contributed by atoms with Crippen LogP contribution in [0.2, 0.25) is 0 Å². The van der Waals surface area contributed by atoms with Gasteiger partial charge in [-0.3, -0.25) is 0 Å². The van der Waals surface area contributed by atoms with Crippen molar-refractivity contribution in [2.45, 2.75) is 25.7 Å². The Morgan fingerprint density at radius 1 is 0.406 bits per heavy atom. The fourth-order valence-electron chi connectivity index (χ4n) is 3.06. The molecule has 0 fully saturated rings. The van der Waals surface area contributed by atoms with Crippen LogP contribution >= 0.6 is 0 Å². The predicted octanol–water partition coefficient (Wildman–Crippen LogP) is 3.59. The Balaban J connectivity index is 1.69. The summed E-state index contributed by atoms with van der Waals surface area (Å²) in [4.78, 5) is 49.5. The maximum atomic E-state index is 12.4. The minimum absolute atomic E-state index is 0.0999. The zero-order valence-electron chi connectivity index (χ0n) is 17.5. The van der Waals surface area contributed by atoms with Crippen LogP contribution in [0, 0.1) is 0 Å². The van der Waals surface area contributed by atoms with Gasteiger partial charge in [-0.05, 0) is 49.9 Å². The number of ether oxygens (including phenoxy) is 4. The molecular weight excluding hydrogens is 416 g/mol. The van der Waals surface area contributed by atoms with E-state index in [0.717, 1.165) is 0 Å². The third-order valence-electron chi connectivity index (χ3n) is 4.74. The van der Waals surface area contributed by atoms with Crippen molar-refractivity contribution in [3.8, 4) is 0 Å². The van der Waals surface area contributed by atoms with Crippen molar-refractivity contribution >= 4 is 23.9 Å². The third kappa shape index (κ3) is 6.16. The highest BCUT2D eigenvalue weighted by Gasteiger charge is 2.20. The van der Waals surface area contributed by atoms with Gasteiger partial charge < -0.3 is 18.9 Å². The van der Waals surface area contributed by atoms with E-state index in [1.54, 1.807) is 24.3 Å². The van der Waals surface area contributed by atoms with Gasteiger partial charge in [-0.15, -0.1) is 0 Å². The van der Waals surface area contributed by atoms with Crippen LogP contribution in [0.5, 0.6) is 0 Å². The van der Waals surface area contributed by atoms with Crippen LogP contribution in [-0.2, 0) is 18.9 Å². The number of esters is 4. The predicted molar refractivity (Wildman–Crippen MR) is 112 cm³/mol. The first-order chi connectivity index (χ1) is 15.6. The third-order valence-corrected chi connectivity index (χ3v) is 4.74. The lowest BCUT2D eigenvalue weighted by Gasteiger charge is -2.12. The van der Waals surface area contributed by atoms with Gasteiger partial charge in [0, 0.05) is 0 Å². The zero-order chi connectivity index (χ0) is 22.8. The van der Waals surface area contributed by atoms with Gasteiger partial charge >= 0.3 is 23.9 Å². The number of cyclic esters (lactones) is 4. The first-order valence-electron chi connectivity index (χ1n) is 10.4. The van der Waals surface area contributed by atoms with E-state index in [4.69, 9.17) is 18.9 Å². The van der Waals surface area contributed by atoms with E-state index in [-0.39, 0.29) is 48.7 Å². The van der Waals surface area contributed by atoms with Crippen LogP contribution in [0.1, 0.15) is 67.1 Å². The van der Waals surface area contributed by atoms with E-state index < -0.39 is 23.9 Å². The van der Waals surface area contributed by atoms with Gasteiger partial charge in [0.25, 0.3) is 0 Å². The number of benzene rings is 2. The summed E-state index contributed by atoms with van der Waals surface area (Å²) in [6, 6.07) is 12.6. The molecule has 0 amide bonds. The number of rotatable bonds is 0. The molecular formula is C24H24O8. The largest absolute Gasteiger partial charge is 0.462 e. The van der Waals surface area contributed by atoms with E-state index in [1.807, 2.05) is 0 Å². The van der Waals surface area contributed by atoms with Crippen molar-refractivity contribution in [3.63, 3.8) is 0 Å². The Morgan fingerprint density at radius 2 is 0.625 bits per heavy atom. The molecule has 2 aromatic carbocycles. The Bertz CT molecular complexity index is 824. The smallest absolute Gasteiger partial charge is 0.339 e. The van der Waals surface area contributed by atoms with Gasteiger partial charge in [0.15, 0.2) is 0 Å². The molecule has 0 radical (unpaired) electrons. The SMILES string of the molecule is O=C1OCCCCOC(=O)c2ccccc2C(=O)OCCCCOC(=O)c2ccccc21. The second kappa shape index (κ2) is 11.6. The summed E-state index contributed by atoms with van der Waals surface area (Å²) in [5.74, 6) is -2.48. The second-order valence-corrected chi connectivity index (χ2v) is 7.05. The molecule has 1 aliphatic heterocycles. The van der Waals surface area contributed by atoms with Gasteiger partial charge in [0.05, 0.1) is 48.7 Å². The number of carbonyl (C=O) groups is 4. The highest BCUT2D eigenvalue weighted by molar-refractivity contribution is 6.03. The lowest BCUT2D eigenvalue weighted by Crippen LogP contribution is -2.17. The van der Waals surface area contributed by atoms with Crippen molar-refractivity contribution in [2.75, 3.05) is 26.4 Å². The molecule has 2 aromatic rings. The molecule has 0 saturated carbocycles. The van der Waals surface area contributed by atoms with Gasteiger partial charge in [-0.25, -0.2) is 19.2 Å². The summed E-state index contributed by atoms with van der Waals surface area (Å²) < 4.78 is 21.0. The molecule has 0 unspecified atom stereocenters. The Kier molecular flexibility index (Phi) is 8.36. The van der Waals surface area contributed by atoms with E-state index in [9.17, 15) is 19.2 Å². The van der Waals surface area contributed by atoms with Crippen molar-refractivity contribution in [1.29, 1.82) is 0 Å². The molecule has 1 aliphatic rings. The molecule has 0 N–H and O–H groups in total. The summed E-state index contributed by atoms with van der Waals surface area (Å²) >= 11 is 0. The van der Waals surface area contributed by atoms with Crippen LogP contribution in [-0.4, -0.2) is 50.3 Å². The van der Waals surface area contributed by atoms with Gasteiger partial charge in [0.1, 0.15) is 0 Å². The number of carbonyl (C=O) groups excluding carboxylic acids is 4. The van der Waals surface area contributed by atoms with Crippen LogP contribution in [0.3, 0.4) is 0 Å². The molecule has 3 rings (SSSR count). The first-order valence-corrected chi connectivity index (χ1v) is 10.4. The number of fused-ring (bicyclic) bond motifs is 2. The molecule has 0 saturated heterocycles. The molecule has 0 atom stereocenters. The standard InChI is InChI=1S/C24H24O8/c25-21-17-9-1-2-10-18(17)22(26)30-14-7-8-16-32-24(28)20-12-4-3-11-19(20)23(27)31-15-6-5-13-29-21/h1-4,9-12H,5-8,13-16H2. The number of hydrogen-bond acceptors (Lipinski definition) is 8. The molecule has 0 spiro atoms. The van der Waals surface area contributed by atoms with Gasteiger partial charge in [0.2, 0.25) is 0 Å². The lowest BCUT2D eigenvalue weighted by molar-refractivity contribution is 0.0394. The Morgan fingerprint density at radius 3 is 0.844 bits per heavy atom. The van der Waals surface area contributed by atoms with Crippen molar-refractivity contribution in [1.82, 2.24) is 0 Å². The van der Waals surface area contributed by atoms with Crippen molar-refractivity contribution < 1.29 is 38.1 Å². The fraction of sp³-hybridized carbons (Fsp3) is 0.333. The van der Waals surface area contributed by atoms with E-state index in [1.165, 1.54) is 24.3 Å². The van der Waals surface area contributed by atoms with Crippen molar-refractivity contribution in [2.24, 2.45) is 0 Å². The van der Waals surface area contributed by atoms with Crippen molar-refractivity contribution in [3.05, 3.63) is 70.8 Å². The highest BCUT2D eigenvalue weighted by Crippen LogP contribution is 2.15. The summed E-state index contributed by atoms with van der Waals surface area (Å²) in [6.45, 7) is 0.400. The molecule has 8 nitrogen and oxygen atoms in total. The normalized spacial score (nSPS) is 17.0. The van der Waals surface area contributed by atoms with E-state index >= 15 is 0 Å². The second-order valence-electron chi connectivity index (χ2n) is 7.05. The molecule has 168 valence electrons. The average molecular weight is 440 g/mol. The summed E-state index contributed by atoms with van der Waals surface area (Å²) in [5, 5.41) is 0. The van der Waals surface area contributed by atoms with Crippen LogP contribution < -0.4 is 0 Å². The molecule has 1 heterocycles. The van der Waals surface area contributed by atoms with Crippen LogP contribution in [0.15, 0.2) is 48.5 Å². The molecule has 0 aliphatic carbocycles. The maximum absolute atomic E-state index is 12.4. The number of hydrogen-bond donors (Lipinski definition) is 0. The summed E-state index contributed by atoms with van der Waals surface area (Å²) in [6.07, 6.45) is 1.81. The van der Waals surface area contributed by atoms with Gasteiger partial charge in [-0.1, -0.05) is 24.3 Å². The highest BCUT2D eigenvalue weighted by atomic mass is 16.5. The Hall–Kier alpha value is -3.68. The summed E-state index contributed by atoms with van der Waals surface area (Å²) in [5.41, 5.74) is 0.514. The minimum Gasteiger partial charge on any atom is -0.462 e. The molecule has 32 heavy (non-hydrogen) atoms. The average Bonchev–Trinajstić information content (AvgIpc) is 2.82. The van der Waals surface area contributed by atoms with E-state index in [2.05, 4.69) is 0 Å². The van der Waals surface area contributed by atoms with Crippen LogP contribution in [0.25, 0.3) is 0 Å². The fourth-order valence-corrected chi connectivity index (χ4v) is 3.06. The van der Waals surface area contributed by atoms with E-state index in [0.29, 0.717) is 25.7 Å². The first kappa shape index (κ1) is 23.0. The zero-order valence-corrected chi connectivity index (χ0v) is 17.5. The molecule has 8 heteroatoms. The summed E-state index contributed by atoms with van der Waals surface area (Å²) in [7, 11) is 0. The lowest BCUT2D eigenvalue weighted by atomic mass is 10.1. The van der Waals surface area contributed by atoms with Crippen LogP contribution in [0.4, 0.5) is 0 Å². The maximum Gasteiger partial charge on any atom is 0.339 e. The monoisotopic (exact) mass is 440 g/mol. The topological polar surface area (TPSA) is 105 Å². The quantitative estimate of drug-likeness (QED) is 0.452. The molecule has 0 aromatic heterocycles. The van der Waals surface area contributed by atoms with Gasteiger partial charge in [-0.2, -0.15) is 0 Å².